The van der Waals surface area contributed by atoms with Crippen molar-refractivity contribution in [2.45, 2.75) is 41.6 Å². The van der Waals surface area contributed by atoms with E-state index in [0.29, 0.717) is 6.54 Å². The van der Waals surface area contributed by atoms with E-state index >= 15 is 0 Å². The van der Waals surface area contributed by atoms with Crippen molar-refractivity contribution in [2.75, 3.05) is 19.3 Å². The van der Waals surface area contributed by atoms with Crippen molar-refractivity contribution < 1.29 is 13.2 Å². The number of hydrogen-bond donors (Lipinski definition) is 0. The molecule has 3 rings (SSSR count). The van der Waals surface area contributed by atoms with Crippen molar-refractivity contribution in [1.29, 1.82) is 0 Å². The Morgan fingerprint density at radius 1 is 1.23 bits per heavy atom. The molecule has 5 nitrogen and oxygen atoms in total. The summed E-state index contributed by atoms with van der Waals surface area (Å²) in [4.78, 5) is 15.5. The fraction of sp³-hybridized carbons (Fsp3) is 0.533. The van der Waals surface area contributed by atoms with Gasteiger partial charge < -0.3 is 4.90 Å². The molecular formula is C15H20N2O3S2. The van der Waals surface area contributed by atoms with Gasteiger partial charge in [-0.2, -0.15) is 4.31 Å². The number of piperazine rings is 1. The van der Waals surface area contributed by atoms with E-state index in [0.717, 1.165) is 24.3 Å². The maximum absolute atomic E-state index is 12.9. The number of carbonyl (C=O) groups is 1. The van der Waals surface area contributed by atoms with Gasteiger partial charge in [-0.1, -0.05) is 0 Å². The molecule has 0 bridgehead atoms. The van der Waals surface area contributed by atoms with Crippen LogP contribution in [0.25, 0.3) is 0 Å². The van der Waals surface area contributed by atoms with Crippen molar-refractivity contribution in [1.82, 2.24) is 9.21 Å². The first-order valence-corrected chi connectivity index (χ1v) is 10.1. The van der Waals surface area contributed by atoms with E-state index < -0.39 is 16.1 Å². The number of thioether (sulfide) groups is 1. The average Bonchev–Trinajstić information content (AvgIpc) is 2.99. The van der Waals surface area contributed by atoms with Crippen molar-refractivity contribution in [3.63, 3.8) is 0 Å². The topological polar surface area (TPSA) is 57.7 Å². The molecule has 120 valence electrons. The molecule has 0 N–H and O–H groups in total. The van der Waals surface area contributed by atoms with E-state index in [2.05, 4.69) is 0 Å². The summed E-state index contributed by atoms with van der Waals surface area (Å²) < 4.78 is 27.1. The van der Waals surface area contributed by atoms with Crippen LogP contribution in [0, 0.1) is 0 Å². The second-order valence-corrected chi connectivity index (χ2v) is 8.52. The third kappa shape index (κ3) is 2.55. The van der Waals surface area contributed by atoms with Crippen LogP contribution < -0.4 is 0 Å². The molecule has 0 spiro atoms. The van der Waals surface area contributed by atoms with Gasteiger partial charge >= 0.3 is 0 Å². The largest absolute Gasteiger partial charge is 0.337 e. The Morgan fingerprint density at radius 2 is 1.91 bits per heavy atom. The van der Waals surface area contributed by atoms with Gasteiger partial charge in [0.25, 0.3) is 0 Å². The molecule has 0 aliphatic carbocycles. The lowest BCUT2D eigenvalue weighted by atomic mass is 10.1. The third-order valence-corrected chi connectivity index (χ3v) is 7.20. The van der Waals surface area contributed by atoms with E-state index in [4.69, 9.17) is 0 Å². The lowest BCUT2D eigenvalue weighted by Crippen LogP contribution is -2.59. The lowest BCUT2D eigenvalue weighted by Gasteiger charge is -2.40. The molecule has 0 aromatic heterocycles. The molecule has 0 unspecified atom stereocenters. The van der Waals surface area contributed by atoms with Crippen molar-refractivity contribution in [2.24, 2.45) is 0 Å². The number of sulfonamides is 1. The molecule has 0 radical (unpaired) electrons. The maximum Gasteiger partial charge on any atom is 0.243 e. The van der Waals surface area contributed by atoms with E-state index in [9.17, 15) is 13.2 Å². The summed E-state index contributed by atoms with van der Waals surface area (Å²) in [6, 6.07) is 6.26. The third-order valence-electron chi connectivity index (χ3n) is 4.51. The van der Waals surface area contributed by atoms with Crippen molar-refractivity contribution in [3.05, 3.63) is 24.3 Å². The van der Waals surface area contributed by atoms with E-state index in [1.165, 1.54) is 4.31 Å². The maximum atomic E-state index is 12.9. The summed E-state index contributed by atoms with van der Waals surface area (Å²) in [6.07, 6.45) is 3.79. The zero-order valence-electron chi connectivity index (χ0n) is 12.7. The van der Waals surface area contributed by atoms with Gasteiger partial charge in [-0.15, -0.1) is 11.8 Å². The van der Waals surface area contributed by atoms with Gasteiger partial charge in [-0.3, -0.25) is 4.79 Å². The molecule has 2 aliphatic rings. The molecule has 2 heterocycles. The van der Waals surface area contributed by atoms with Crippen LogP contribution in [0.3, 0.4) is 0 Å². The Kier molecular flexibility index (Phi) is 4.22. The zero-order valence-corrected chi connectivity index (χ0v) is 14.4. The standard InChI is InChI=1S/C15H20N2O3S2/c1-11-15(18)16-9-3-4-12(16)10-17(11)22(19,20)14-7-5-13(21-2)6-8-14/h5-8,11-12H,3-4,9-10H2,1-2H3/t11-,12-/m1/s1. The Hall–Kier alpha value is -1.05. The summed E-state index contributed by atoms with van der Waals surface area (Å²) in [6.45, 7) is 2.84. The summed E-state index contributed by atoms with van der Waals surface area (Å²) in [5, 5.41) is 0. The van der Waals surface area contributed by atoms with Crippen LogP contribution in [0.1, 0.15) is 19.8 Å². The number of amides is 1. The summed E-state index contributed by atoms with van der Waals surface area (Å²) in [5.74, 6) is -0.0712. The van der Waals surface area contributed by atoms with Crippen molar-refractivity contribution in [3.8, 4) is 0 Å². The molecule has 1 aromatic rings. The average molecular weight is 340 g/mol. The van der Waals surface area contributed by atoms with Gasteiger partial charge in [-0.05, 0) is 50.3 Å². The highest BCUT2D eigenvalue weighted by atomic mass is 32.2. The summed E-state index contributed by atoms with van der Waals surface area (Å²) in [5.41, 5.74) is 0. The Labute approximate surface area is 135 Å². The predicted octanol–water partition coefficient (Wildman–Crippen LogP) is 1.79. The monoisotopic (exact) mass is 340 g/mol. The van der Waals surface area contributed by atoms with E-state index in [-0.39, 0.29) is 16.8 Å². The molecule has 1 amide bonds. The highest BCUT2D eigenvalue weighted by molar-refractivity contribution is 7.98. The molecule has 0 saturated carbocycles. The van der Waals surface area contributed by atoms with Gasteiger partial charge in [-0.25, -0.2) is 8.42 Å². The fourth-order valence-electron chi connectivity index (χ4n) is 3.23. The Balaban J connectivity index is 1.92. The minimum absolute atomic E-state index is 0.0314. The number of hydrogen-bond acceptors (Lipinski definition) is 4. The highest BCUT2D eigenvalue weighted by Crippen LogP contribution is 2.30. The first-order chi connectivity index (χ1) is 10.4. The molecule has 2 fully saturated rings. The first-order valence-electron chi connectivity index (χ1n) is 7.41. The normalized spacial score (nSPS) is 26.3. The molecule has 2 atom stereocenters. The number of nitrogens with zero attached hydrogens (tertiary/aromatic N) is 2. The van der Waals surface area contributed by atoms with Crippen LogP contribution >= 0.6 is 11.8 Å². The SMILES string of the molecule is CSc1ccc(S(=O)(=O)N2C[C@H]3CCCN3C(=O)[C@H]2C)cc1. The van der Waals surface area contributed by atoms with Crippen LogP contribution in [-0.2, 0) is 14.8 Å². The van der Waals surface area contributed by atoms with Gasteiger partial charge in [0.1, 0.15) is 6.04 Å². The Morgan fingerprint density at radius 3 is 2.55 bits per heavy atom. The smallest absolute Gasteiger partial charge is 0.243 e. The van der Waals surface area contributed by atoms with Crippen LogP contribution in [0.4, 0.5) is 0 Å². The molecule has 22 heavy (non-hydrogen) atoms. The quantitative estimate of drug-likeness (QED) is 0.787. The molecule has 1 aromatic carbocycles. The summed E-state index contributed by atoms with van der Waals surface area (Å²) in [7, 11) is -3.63. The predicted molar refractivity (Wildman–Crippen MR) is 86.3 cm³/mol. The van der Waals surface area contributed by atoms with Crippen LogP contribution in [-0.4, -0.2) is 55.0 Å². The summed E-state index contributed by atoms with van der Waals surface area (Å²) >= 11 is 1.57. The molecule has 2 aliphatic heterocycles. The zero-order chi connectivity index (χ0) is 15.9. The number of benzene rings is 1. The minimum atomic E-state index is -3.63. The second kappa shape index (κ2) is 5.86. The van der Waals surface area contributed by atoms with Crippen LogP contribution in [0.15, 0.2) is 34.1 Å². The van der Waals surface area contributed by atoms with Gasteiger partial charge in [0.05, 0.1) is 4.90 Å². The molecule has 2 saturated heterocycles. The van der Waals surface area contributed by atoms with E-state index in [1.807, 2.05) is 11.2 Å². The minimum Gasteiger partial charge on any atom is -0.337 e. The van der Waals surface area contributed by atoms with Crippen molar-refractivity contribution >= 4 is 27.7 Å². The van der Waals surface area contributed by atoms with Crippen LogP contribution in [0.5, 0.6) is 0 Å². The molecular weight excluding hydrogens is 320 g/mol. The number of carbonyl (C=O) groups excluding carboxylic acids is 1. The van der Waals surface area contributed by atoms with Gasteiger partial charge in [0, 0.05) is 24.0 Å². The first kappa shape index (κ1) is 15.8. The fourth-order valence-corrected chi connectivity index (χ4v) is 5.27. The molecule has 7 heteroatoms. The van der Waals surface area contributed by atoms with Gasteiger partial charge in [0.2, 0.25) is 15.9 Å². The van der Waals surface area contributed by atoms with Gasteiger partial charge in [0.15, 0.2) is 0 Å². The van der Waals surface area contributed by atoms with Crippen LogP contribution in [0.2, 0.25) is 0 Å². The Bertz CT molecular complexity index is 673. The highest BCUT2D eigenvalue weighted by Gasteiger charge is 2.45. The number of fused-ring (bicyclic) bond motifs is 1. The second-order valence-electron chi connectivity index (χ2n) is 5.75. The number of rotatable bonds is 3. The lowest BCUT2D eigenvalue weighted by molar-refractivity contribution is -0.139. The van der Waals surface area contributed by atoms with E-state index in [1.54, 1.807) is 43.0 Å².